The largest absolute Gasteiger partial charge is 0.506 e. The van der Waals surface area contributed by atoms with Crippen LogP contribution >= 0.6 is 11.8 Å². The highest BCUT2D eigenvalue weighted by Gasteiger charge is 2.33. The maximum Gasteiger partial charge on any atom is 0.344 e. The van der Waals surface area contributed by atoms with E-state index in [1.807, 2.05) is 13.0 Å². The van der Waals surface area contributed by atoms with Gasteiger partial charge in [0.15, 0.2) is 0 Å². The summed E-state index contributed by atoms with van der Waals surface area (Å²) < 4.78 is 41.5. The maximum absolute atomic E-state index is 12.6. The molecule has 1 aromatic carbocycles. The summed E-state index contributed by atoms with van der Waals surface area (Å²) in [7, 11) is -3.54. The Hall–Kier alpha value is -3.53. The molecule has 0 bridgehead atoms. The van der Waals surface area contributed by atoms with Crippen LogP contribution in [0.5, 0.6) is 5.75 Å². The van der Waals surface area contributed by atoms with Crippen LogP contribution in [-0.4, -0.2) is 54.9 Å². The Morgan fingerprint density at radius 2 is 1.95 bits per heavy atom. The first-order valence-corrected chi connectivity index (χ1v) is 14.1. The number of rotatable bonds is 11. The number of hydrogen-bond donors (Lipinski definition) is 1. The van der Waals surface area contributed by atoms with Crippen molar-refractivity contribution in [2.24, 2.45) is 4.99 Å². The lowest BCUT2D eigenvalue weighted by Crippen LogP contribution is -2.30. The average molecular weight is 546 g/mol. The van der Waals surface area contributed by atoms with Crippen molar-refractivity contribution >= 4 is 44.6 Å². The highest BCUT2D eigenvalue weighted by atomic mass is 32.2. The molecule has 0 saturated heterocycles. The molecule has 196 valence electrons. The first-order chi connectivity index (χ1) is 17.7. The lowest BCUT2D eigenvalue weighted by atomic mass is 10.2. The molecule has 10 nitrogen and oxygen atoms in total. The number of furan rings is 1. The van der Waals surface area contributed by atoms with Crippen LogP contribution in [0, 0.1) is 11.3 Å². The third-order valence-corrected chi connectivity index (χ3v) is 7.25. The molecule has 1 aliphatic heterocycles. The molecule has 0 saturated carbocycles. The number of esters is 1. The number of aliphatic hydroxyl groups is 1. The van der Waals surface area contributed by atoms with E-state index < -0.39 is 16.0 Å². The molecule has 2 heterocycles. The van der Waals surface area contributed by atoms with Crippen molar-refractivity contribution in [1.82, 2.24) is 4.31 Å². The van der Waals surface area contributed by atoms with Gasteiger partial charge in [-0.15, -0.1) is 0 Å². The van der Waals surface area contributed by atoms with Crippen LogP contribution in [0.4, 0.5) is 5.69 Å². The summed E-state index contributed by atoms with van der Waals surface area (Å²) in [4.78, 5) is 17.4. The molecule has 0 aliphatic carbocycles. The summed E-state index contributed by atoms with van der Waals surface area (Å²) in [5.74, 6) is 0.379. The third-order valence-electron chi connectivity index (χ3n) is 4.98. The molecule has 3 rings (SSSR count). The molecule has 37 heavy (non-hydrogen) atoms. The Kier molecular flexibility index (Phi) is 9.57. The fraction of sp³-hybridized carbons (Fsp3) is 0.320. The Labute approximate surface area is 219 Å². The Morgan fingerprint density at radius 1 is 1.22 bits per heavy atom. The number of nitrogens with zero attached hydrogens (tertiary/aromatic N) is 3. The second-order valence-corrected chi connectivity index (χ2v) is 10.7. The summed E-state index contributed by atoms with van der Waals surface area (Å²) in [5, 5.41) is 19.9. The van der Waals surface area contributed by atoms with Gasteiger partial charge in [-0.2, -0.15) is 9.57 Å². The van der Waals surface area contributed by atoms with E-state index in [1.165, 1.54) is 6.08 Å². The van der Waals surface area contributed by atoms with E-state index in [1.54, 1.807) is 43.3 Å². The number of carbonyl (C=O) groups excluding carboxylic acids is 1. The van der Waals surface area contributed by atoms with E-state index in [0.717, 1.165) is 22.3 Å². The maximum atomic E-state index is 12.6. The van der Waals surface area contributed by atoms with E-state index in [4.69, 9.17) is 19.2 Å². The molecule has 2 aromatic rings. The lowest BCUT2D eigenvalue weighted by molar-refractivity contribution is -0.138. The fourth-order valence-electron chi connectivity index (χ4n) is 3.29. The molecule has 0 unspecified atom stereocenters. The number of aliphatic hydroxyl groups excluding tert-OH is 1. The Bertz CT molecular complexity index is 1370. The van der Waals surface area contributed by atoms with Gasteiger partial charge in [0.05, 0.1) is 42.7 Å². The van der Waals surface area contributed by atoms with Crippen LogP contribution in [0.15, 0.2) is 62.0 Å². The van der Waals surface area contributed by atoms with E-state index >= 15 is 0 Å². The van der Waals surface area contributed by atoms with Crippen LogP contribution in [0.1, 0.15) is 31.8 Å². The summed E-state index contributed by atoms with van der Waals surface area (Å²) >= 11 is 1.08. The fourth-order valence-corrected chi connectivity index (χ4v) is 5.09. The highest BCUT2D eigenvalue weighted by Crippen LogP contribution is 2.40. The molecule has 0 fully saturated rings. The molecule has 1 N–H and O–H groups in total. The SMILES string of the molecule is CCOC(=O)C1=C(O)/C(=C/c2ccc(CN(CCC#N)S(C)(=O)=O)o2)SC1=Nc1ccc(OCC)cc1. The van der Waals surface area contributed by atoms with Crippen LogP contribution in [0.3, 0.4) is 0 Å². The first kappa shape index (κ1) is 28.0. The van der Waals surface area contributed by atoms with Gasteiger partial charge in [0.25, 0.3) is 0 Å². The number of nitriles is 1. The van der Waals surface area contributed by atoms with Crippen molar-refractivity contribution in [3.63, 3.8) is 0 Å². The van der Waals surface area contributed by atoms with Crippen molar-refractivity contribution in [3.05, 3.63) is 64.2 Å². The second-order valence-electron chi connectivity index (χ2n) is 7.71. The number of thioether (sulfide) groups is 1. The average Bonchev–Trinajstić information content (AvgIpc) is 3.41. The number of carbonyl (C=O) groups is 1. The zero-order chi connectivity index (χ0) is 27.0. The second kappa shape index (κ2) is 12.6. The van der Waals surface area contributed by atoms with Gasteiger partial charge in [0, 0.05) is 13.0 Å². The summed E-state index contributed by atoms with van der Waals surface area (Å²) in [5.41, 5.74) is 0.499. The van der Waals surface area contributed by atoms with Crippen LogP contribution in [0.25, 0.3) is 6.08 Å². The van der Waals surface area contributed by atoms with Crippen molar-refractivity contribution in [1.29, 1.82) is 5.26 Å². The van der Waals surface area contributed by atoms with Crippen LogP contribution in [-0.2, 0) is 26.1 Å². The number of ether oxygens (including phenoxy) is 2. The van der Waals surface area contributed by atoms with Gasteiger partial charge >= 0.3 is 5.97 Å². The van der Waals surface area contributed by atoms with E-state index in [-0.39, 0.29) is 42.5 Å². The normalized spacial score (nSPS) is 16.0. The molecule has 0 amide bonds. The molecule has 1 aliphatic rings. The molecule has 0 atom stereocenters. The summed E-state index contributed by atoms with van der Waals surface area (Å²) in [6, 6.07) is 12.1. The minimum Gasteiger partial charge on any atom is -0.506 e. The minimum atomic E-state index is -3.54. The van der Waals surface area contributed by atoms with Crippen molar-refractivity contribution in [3.8, 4) is 11.8 Å². The molecule has 0 spiro atoms. The quantitative estimate of drug-likeness (QED) is 0.402. The number of aliphatic imine (C=N–C) groups is 1. The number of benzene rings is 1. The van der Waals surface area contributed by atoms with Gasteiger partial charge in [-0.3, -0.25) is 0 Å². The van der Waals surface area contributed by atoms with Crippen LogP contribution < -0.4 is 4.74 Å². The molecule has 1 aromatic heterocycles. The van der Waals surface area contributed by atoms with Gasteiger partial charge in [0.1, 0.15) is 33.6 Å². The smallest absolute Gasteiger partial charge is 0.344 e. The highest BCUT2D eigenvalue weighted by molar-refractivity contribution is 8.18. The monoisotopic (exact) mass is 545 g/mol. The van der Waals surface area contributed by atoms with Gasteiger partial charge in [-0.1, -0.05) is 11.8 Å². The zero-order valence-electron chi connectivity index (χ0n) is 20.6. The summed E-state index contributed by atoms with van der Waals surface area (Å²) in [6.45, 7) is 4.20. The van der Waals surface area contributed by atoms with Crippen molar-refractivity contribution in [2.45, 2.75) is 26.8 Å². The van der Waals surface area contributed by atoms with Gasteiger partial charge < -0.3 is 19.0 Å². The topological polar surface area (TPSA) is 142 Å². The predicted molar refractivity (Wildman–Crippen MR) is 141 cm³/mol. The predicted octanol–water partition coefficient (Wildman–Crippen LogP) is 4.55. The molecular weight excluding hydrogens is 518 g/mol. The number of hydrogen-bond acceptors (Lipinski definition) is 10. The van der Waals surface area contributed by atoms with E-state index in [0.29, 0.717) is 34.5 Å². The van der Waals surface area contributed by atoms with E-state index in [9.17, 15) is 18.3 Å². The standard InChI is InChI=1S/C25H27N3O7S2/c1-4-33-18-9-7-17(8-10-18)27-24-22(25(30)34-5-2)23(29)21(36-24)15-19-11-12-20(35-19)16-28(14-6-13-26)37(3,31)32/h7-12,15,29H,4-6,14,16H2,1-3H3/b21-15-,27-24?. The number of sulfonamides is 1. The summed E-state index contributed by atoms with van der Waals surface area (Å²) in [6.07, 6.45) is 2.65. The Balaban J connectivity index is 1.89. The lowest BCUT2D eigenvalue weighted by Gasteiger charge is -2.16. The molecular formula is C25H27N3O7S2. The van der Waals surface area contributed by atoms with Gasteiger partial charge in [-0.25, -0.2) is 18.2 Å². The van der Waals surface area contributed by atoms with Crippen molar-refractivity contribution < 1.29 is 32.2 Å². The third kappa shape index (κ3) is 7.48. The van der Waals surface area contributed by atoms with Gasteiger partial charge in [0.2, 0.25) is 10.0 Å². The van der Waals surface area contributed by atoms with E-state index in [2.05, 4.69) is 4.99 Å². The van der Waals surface area contributed by atoms with Gasteiger partial charge in [-0.05, 0) is 56.3 Å². The van der Waals surface area contributed by atoms with Crippen molar-refractivity contribution in [2.75, 3.05) is 26.0 Å². The molecule has 12 heteroatoms. The Morgan fingerprint density at radius 3 is 2.57 bits per heavy atom. The minimum absolute atomic E-state index is 0.0418. The zero-order valence-corrected chi connectivity index (χ0v) is 22.3. The first-order valence-electron chi connectivity index (χ1n) is 11.4. The molecule has 0 radical (unpaired) electrons. The van der Waals surface area contributed by atoms with Crippen LogP contribution in [0.2, 0.25) is 0 Å².